The van der Waals surface area contributed by atoms with Gasteiger partial charge >= 0.3 is 0 Å². The van der Waals surface area contributed by atoms with Crippen molar-refractivity contribution in [1.82, 2.24) is 0 Å². The normalized spacial score (nSPS) is 10.8. The number of anilines is 12. The van der Waals surface area contributed by atoms with Gasteiger partial charge in [-0.05, 0) is 155 Å². The molecule has 0 heterocycles. The molecule has 0 atom stereocenters. The minimum atomic E-state index is 1.07. The van der Waals surface area contributed by atoms with Gasteiger partial charge in [-0.25, -0.2) is 0 Å². The maximum absolute atomic E-state index is 2.35. The first-order valence-electron chi connectivity index (χ1n) is 26.5. The average molecular weight is 1000 g/mol. The fraction of sp³-hybridized carbons (Fsp3) is 0. The van der Waals surface area contributed by atoms with Gasteiger partial charge < -0.3 is 19.6 Å². The number of hydrogen-bond acceptors (Lipinski definition) is 4. The minimum absolute atomic E-state index is 1.07. The SMILES string of the molecule is c1ccc(N(c2ccc(-c3ccc(N(c4ccccc4)c4ccc(N(c5ccccc5)c5cccc6ccccc56)cc4)cc3)cc2)c2ccc(N(c3ccccc3)c3cccc4ccccc34)cc2)cc1.c1ccccc1. The van der Waals surface area contributed by atoms with Gasteiger partial charge in [0, 0.05) is 67.6 Å². The third-order valence-electron chi connectivity index (χ3n) is 14.1. The molecule has 0 spiro atoms. The smallest absolute Gasteiger partial charge is 0.0540 e. The monoisotopic (exact) mass is 1000 g/mol. The van der Waals surface area contributed by atoms with Crippen LogP contribution in [0.15, 0.2) is 340 Å². The van der Waals surface area contributed by atoms with E-state index in [9.17, 15) is 0 Å². The summed E-state index contributed by atoms with van der Waals surface area (Å²) in [6.07, 6.45) is 0. The molecule has 78 heavy (non-hydrogen) atoms. The van der Waals surface area contributed by atoms with Gasteiger partial charge in [-0.1, -0.05) is 206 Å². The summed E-state index contributed by atoms with van der Waals surface area (Å²) >= 11 is 0. The molecule has 0 saturated carbocycles. The van der Waals surface area contributed by atoms with Crippen LogP contribution in [0.5, 0.6) is 0 Å². The molecule has 0 aliphatic rings. The first kappa shape index (κ1) is 48.5. The van der Waals surface area contributed by atoms with Gasteiger partial charge in [-0.3, -0.25) is 0 Å². The molecule has 0 bridgehead atoms. The Hall–Kier alpha value is -10.4. The summed E-state index contributed by atoms with van der Waals surface area (Å²) in [5.74, 6) is 0. The molecule has 0 aromatic heterocycles. The summed E-state index contributed by atoms with van der Waals surface area (Å²) in [7, 11) is 0. The zero-order valence-electron chi connectivity index (χ0n) is 43.1. The standard InChI is InChI=1S/C68H50N4.C6H6/c1-5-23-55(24-6-1)69(61-43-47-63(48-44-61)71(57-27-9-3-10-28-57)67-33-17-21-53-19-13-15-31-65(53)67)59-39-35-51(36-40-59)52-37-41-60(42-38-52)70(56-25-7-2-8-26-56)62-45-49-64(50-46-62)72(58-29-11-4-12-30-58)68-34-18-22-54-20-14-16-32-66(54)68;1-2-4-6-5-3-1/h1-50H;1-6H. The Labute approximate surface area is 457 Å². The molecule has 0 N–H and O–H groups in total. The van der Waals surface area contributed by atoms with Crippen LogP contribution < -0.4 is 19.6 Å². The quantitative estimate of drug-likeness (QED) is 0.114. The van der Waals surface area contributed by atoms with Crippen molar-refractivity contribution in [1.29, 1.82) is 0 Å². The van der Waals surface area contributed by atoms with Crippen LogP contribution in [0.4, 0.5) is 68.2 Å². The van der Waals surface area contributed by atoms with Gasteiger partial charge in [0.15, 0.2) is 0 Å². The molecule has 0 amide bonds. The molecule has 372 valence electrons. The number of hydrogen-bond donors (Lipinski definition) is 0. The third kappa shape index (κ3) is 10.5. The topological polar surface area (TPSA) is 13.0 Å². The van der Waals surface area contributed by atoms with Crippen molar-refractivity contribution in [2.75, 3.05) is 19.6 Å². The van der Waals surface area contributed by atoms with Crippen LogP contribution >= 0.6 is 0 Å². The van der Waals surface area contributed by atoms with E-state index in [1.807, 2.05) is 36.4 Å². The van der Waals surface area contributed by atoms with E-state index in [0.717, 1.165) is 79.4 Å². The zero-order chi connectivity index (χ0) is 52.3. The van der Waals surface area contributed by atoms with Crippen molar-refractivity contribution in [3.8, 4) is 11.1 Å². The van der Waals surface area contributed by atoms with Gasteiger partial charge in [0.2, 0.25) is 0 Å². The molecule has 13 aromatic rings. The van der Waals surface area contributed by atoms with Crippen LogP contribution in [0, 0.1) is 0 Å². The van der Waals surface area contributed by atoms with Crippen molar-refractivity contribution < 1.29 is 0 Å². The molecular formula is C74H56N4. The number of benzene rings is 13. The molecular weight excluding hydrogens is 945 g/mol. The first-order valence-corrected chi connectivity index (χ1v) is 26.5. The van der Waals surface area contributed by atoms with Gasteiger partial charge in [-0.2, -0.15) is 0 Å². The summed E-state index contributed by atoms with van der Waals surface area (Å²) in [4.78, 5) is 9.35. The predicted octanol–water partition coefficient (Wildman–Crippen LogP) is 21.2. The molecule has 0 radical (unpaired) electrons. The second-order valence-electron chi connectivity index (χ2n) is 19.0. The lowest BCUT2D eigenvalue weighted by molar-refractivity contribution is 1.26. The van der Waals surface area contributed by atoms with Gasteiger partial charge in [0.1, 0.15) is 0 Å². The van der Waals surface area contributed by atoms with Crippen LogP contribution in [0.2, 0.25) is 0 Å². The highest BCUT2D eigenvalue weighted by molar-refractivity contribution is 6.00. The minimum Gasteiger partial charge on any atom is -0.311 e. The van der Waals surface area contributed by atoms with E-state index in [4.69, 9.17) is 0 Å². The van der Waals surface area contributed by atoms with Crippen molar-refractivity contribution in [3.05, 3.63) is 340 Å². The van der Waals surface area contributed by atoms with E-state index in [1.54, 1.807) is 0 Å². The number of rotatable bonds is 13. The van der Waals surface area contributed by atoms with E-state index in [1.165, 1.54) is 21.5 Å². The lowest BCUT2D eigenvalue weighted by atomic mass is 10.0. The number of fused-ring (bicyclic) bond motifs is 2. The Kier molecular flexibility index (Phi) is 14.3. The summed E-state index contributed by atoms with van der Waals surface area (Å²) in [5.41, 5.74) is 15.4. The molecule has 0 aliphatic carbocycles. The number of para-hydroxylation sites is 4. The molecule has 13 rings (SSSR count). The largest absolute Gasteiger partial charge is 0.311 e. The summed E-state index contributed by atoms with van der Waals surface area (Å²) < 4.78 is 0. The highest BCUT2D eigenvalue weighted by Crippen LogP contribution is 2.44. The van der Waals surface area contributed by atoms with Crippen molar-refractivity contribution in [3.63, 3.8) is 0 Å². The lowest BCUT2D eigenvalue weighted by Gasteiger charge is -2.29. The van der Waals surface area contributed by atoms with Crippen LogP contribution in [0.25, 0.3) is 32.7 Å². The van der Waals surface area contributed by atoms with E-state index < -0.39 is 0 Å². The highest BCUT2D eigenvalue weighted by atomic mass is 15.2. The zero-order valence-corrected chi connectivity index (χ0v) is 43.1. The molecule has 13 aromatic carbocycles. The fourth-order valence-electron chi connectivity index (χ4n) is 10.4. The second kappa shape index (κ2) is 23.0. The van der Waals surface area contributed by atoms with Crippen LogP contribution in [0.3, 0.4) is 0 Å². The van der Waals surface area contributed by atoms with E-state index in [2.05, 4.69) is 323 Å². The predicted molar refractivity (Wildman–Crippen MR) is 332 cm³/mol. The Morgan fingerprint density at radius 2 is 0.346 bits per heavy atom. The van der Waals surface area contributed by atoms with Crippen molar-refractivity contribution in [2.24, 2.45) is 0 Å². The Balaban J connectivity index is 0.000000953. The van der Waals surface area contributed by atoms with Crippen LogP contribution in [-0.2, 0) is 0 Å². The van der Waals surface area contributed by atoms with E-state index >= 15 is 0 Å². The summed E-state index contributed by atoms with van der Waals surface area (Å²) in [6, 6.07) is 120. The van der Waals surface area contributed by atoms with Crippen LogP contribution in [-0.4, -0.2) is 0 Å². The highest BCUT2D eigenvalue weighted by Gasteiger charge is 2.20. The van der Waals surface area contributed by atoms with Crippen LogP contribution in [0.1, 0.15) is 0 Å². The molecule has 0 unspecified atom stereocenters. The van der Waals surface area contributed by atoms with E-state index in [-0.39, 0.29) is 0 Å². The van der Waals surface area contributed by atoms with E-state index in [0.29, 0.717) is 0 Å². The van der Waals surface area contributed by atoms with Gasteiger partial charge in [-0.15, -0.1) is 0 Å². The average Bonchev–Trinajstić information content (AvgIpc) is 3.56. The molecule has 4 nitrogen and oxygen atoms in total. The Morgan fingerprint density at radius 1 is 0.141 bits per heavy atom. The molecule has 4 heteroatoms. The van der Waals surface area contributed by atoms with Gasteiger partial charge in [0.25, 0.3) is 0 Å². The van der Waals surface area contributed by atoms with Gasteiger partial charge in [0.05, 0.1) is 11.4 Å². The maximum Gasteiger partial charge on any atom is 0.0540 e. The van der Waals surface area contributed by atoms with Crippen molar-refractivity contribution in [2.45, 2.75) is 0 Å². The first-order chi connectivity index (χ1) is 38.7. The number of nitrogens with zero attached hydrogens (tertiary/aromatic N) is 4. The lowest BCUT2D eigenvalue weighted by Crippen LogP contribution is -2.12. The third-order valence-corrected chi connectivity index (χ3v) is 14.1. The molecule has 0 aliphatic heterocycles. The second-order valence-corrected chi connectivity index (χ2v) is 19.0. The fourth-order valence-corrected chi connectivity index (χ4v) is 10.4. The van der Waals surface area contributed by atoms with Crippen molar-refractivity contribution >= 4 is 89.8 Å². The summed E-state index contributed by atoms with van der Waals surface area (Å²) in [5, 5.41) is 4.83. The maximum atomic E-state index is 2.35. The molecule has 0 saturated heterocycles. The Morgan fingerprint density at radius 3 is 0.654 bits per heavy atom. The summed E-state index contributed by atoms with van der Waals surface area (Å²) in [6.45, 7) is 0. The molecule has 0 fully saturated rings. The Bertz CT molecular complexity index is 3700.